The number of sulfonamides is 1. The zero-order chi connectivity index (χ0) is 21.1. The van der Waals surface area contributed by atoms with E-state index in [0.717, 1.165) is 11.1 Å². The first-order chi connectivity index (χ1) is 13.8. The van der Waals surface area contributed by atoms with E-state index < -0.39 is 15.4 Å². The van der Waals surface area contributed by atoms with Gasteiger partial charge in [0.2, 0.25) is 0 Å². The quantitative estimate of drug-likeness (QED) is 0.619. The molecule has 1 aromatic heterocycles. The van der Waals surface area contributed by atoms with E-state index in [1.54, 1.807) is 20.1 Å². The second kappa shape index (κ2) is 8.85. The molecule has 0 spiro atoms. The van der Waals surface area contributed by atoms with Crippen molar-refractivity contribution in [3.05, 3.63) is 46.8 Å². The van der Waals surface area contributed by atoms with Crippen LogP contribution >= 0.6 is 11.3 Å². The molecule has 0 N–H and O–H groups in total. The maximum atomic E-state index is 13.2. The van der Waals surface area contributed by atoms with Gasteiger partial charge < -0.3 is 9.47 Å². The van der Waals surface area contributed by atoms with Gasteiger partial charge in [0, 0.05) is 13.1 Å². The van der Waals surface area contributed by atoms with E-state index >= 15 is 0 Å². The van der Waals surface area contributed by atoms with Crippen molar-refractivity contribution in [1.29, 1.82) is 0 Å². The molecule has 1 aromatic carbocycles. The van der Waals surface area contributed by atoms with Crippen molar-refractivity contribution >= 4 is 27.3 Å². The van der Waals surface area contributed by atoms with E-state index in [1.165, 1.54) is 15.6 Å². The Balaban J connectivity index is 1.94. The van der Waals surface area contributed by atoms with Crippen LogP contribution in [0, 0.1) is 12.3 Å². The highest BCUT2D eigenvalue weighted by Crippen LogP contribution is 2.38. The van der Waals surface area contributed by atoms with Crippen LogP contribution in [0.1, 0.15) is 30.9 Å². The predicted octanol–water partition coefficient (Wildman–Crippen LogP) is 3.64. The van der Waals surface area contributed by atoms with Crippen molar-refractivity contribution in [1.82, 2.24) is 4.31 Å². The van der Waals surface area contributed by atoms with Crippen LogP contribution in [0.3, 0.4) is 0 Å². The number of rotatable bonds is 7. The molecule has 0 unspecified atom stereocenters. The van der Waals surface area contributed by atoms with Crippen LogP contribution in [0.2, 0.25) is 0 Å². The minimum absolute atomic E-state index is 0.113. The Morgan fingerprint density at radius 2 is 2.10 bits per heavy atom. The van der Waals surface area contributed by atoms with Gasteiger partial charge in [-0.05, 0) is 67.8 Å². The van der Waals surface area contributed by atoms with Crippen LogP contribution in [-0.2, 0) is 26.0 Å². The van der Waals surface area contributed by atoms with Crippen LogP contribution in [-0.4, -0.2) is 45.5 Å². The van der Waals surface area contributed by atoms with Crippen molar-refractivity contribution in [3.8, 4) is 5.75 Å². The maximum Gasteiger partial charge on any atom is 0.313 e. The first-order valence-corrected chi connectivity index (χ1v) is 12.0. The second-order valence-electron chi connectivity index (χ2n) is 7.41. The third-order valence-corrected chi connectivity index (χ3v) is 8.61. The van der Waals surface area contributed by atoms with Crippen molar-refractivity contribution in [2.45, 2.75) is 37.3 Å². The SMILES string of the molecule is CCOC(=O)[C@@]1(Cc2cccc(OC)c2)CCCN(S(=O)(=O)c2cc(C)cs2)C1. The van der Waals surface area contributed by atoms with Gasteiger partial charge in [-0.2, -0.15) is 4.31 Å². The number of carbonyl (C=O) groups is 1. The molecule has 1 saturated heterocycles. The minimum Gasteiger partial charge on any atom is -0.497 e. The van der Waals surface area contributed by atoms with Gasteiger partial charge in [-0.3, -0.25) is 4.79 Å². The Hall–Kier alpha value is -1.90. The van der Waals surface area contributed by atoms with Crippen molar-refractivity contribution < 1.29 is 22.7 Å². The number of piperidine rings is 1. The zero-order valence-electron chi connectivity index (χ0n) is 17.0. The number of hydrogen-bond acceptors (Lipinski definition) is 6. The molecule has 6 nitrogen and oxygen atoms in total. The number of aryl methyl sites for hydroxylation is 1. The first kappa shape index (κ1) is 21.8. The summed E-state index contributed by atoms with van der Waals surface area (Å²) < 4.78 is 38.8. The number of ether oxygens (including phenoxy) is 2. The summed E-state index contributed by atoms with van der Waals surface area (Å²) >= 11 is 1.22. The zero-order valence-corrected chi connectivity index (χ0v) is 18.6. The highest BCUT2D eigenvalue weighted by molar-refractivity contribution is 7.91. The fourth-order valence-corrected chi connectivity index (χ4v) is 6.75. The highest BCUT2D eigenvalue weighted by atomic mass is 32.2. The number of nitrogens with zero attached hydrogens (tertiary/aromatic N) is 1. The highest BCUT2D eigenvalue weighted by Gasteiger charge is 2.46. The van der Waals surface area contributed by atoms with Gasteiger partial charge in [0.15, 0.2) is 0 Å². The van der Waals surface area contributed by atoms with Gasteiger partial charge >= 0.3 is 5.97 Å². The van der Waals surface area contributed by atoms with Crippen LogP contribution in [0.15, 0.2) is 39.9 Å². The molecule has 2 aromatic rings. The Labute approximate surface area is 176 Å². The van der Waals surface area contributed by atoms with Crippen LogP contribution in [0.4, 0.5) is 0 Å². The fourth-order valence-electron chi connectivity index (χ4n) is 3.80. The van der Waals surface area contributed by atoms with E-state index in [-0.39, 0.29) is 19.1 Å². The average Bonchev–Trinajstić information content (AvgIpc) is 3.15. The summed E-state index contributed by atoms with van der Waals surface area (Å²) in [6.45, 7) is 4.41. The smallest absolute Gasteiger partial charge is 0.313 e. The molecule has 1 aliphatic rings. The molecule has 0 saturated carbocycles. The molecule has 1 atom stereocenters. The number of benzene rings is 1. The van der Waals surface area contributed by atoms with E-state index in [0.29, 0.717) is 35.8 Å². The Morgan fingerprint density at radius 3 is 2.76 bits per heavy atom. The summed E-state index contributed by atoms with van der Waals surface area (Å²) in [6.07, 6.45) is 1.59. The number of hydrogen-bond donors (Lipinski definition) is 0. The third-order valence-electron chi connectivity index (χ3n) is 5.23. The lowest BCUT2D eigenvalue weighted by Crippen LogP contribution is -2.51. The molecular weight excluding hydrogens is 410 g/mol. The average molecular weight is 438 g/mol. The topological polar surface area (TPSA) is 72.9 Å². The summed E-state index contributed by atoms with van der Waals surface area (Å²) in [5.74, 6) is 0.362. The molecule has 0 aliphatic carbocycles. The fraction of sp³-hybridized carbons (Fsp3) is 0.476. The normalized spacial score (nSPS) is 20.4. The van der Waals surface area contributed by atoms with E-state index in [4.69, 9.17) is 9.47 Å². The third kappa shape index (κ3) is 4.65. The summed E-state index contributed by atoms with van der Waals surface area (Å²) in [4.78, 5) is 13.0. The van der Waals surface area contributed by atoms with Gasteiger partial charge in [-0.25, -0.2) is 8.42 Å². The molecule has 1 fully saturated rings. The molecule has 158 valence electrons. The summed E-state index contributed by atoms with van der Waals surface area (Å²) in [5, 5.41) is 1.83. The van der Waals surface area contributed by atoms with E-state index in [2.05, 4.69) is 0 Å². The molecule has 29 heavy (non-hydrogen) atoms. The monoisotopic (exact) mass is 437 g/mol. The van der Waals surface area contributed by atoms with Crippen molar-refractivity contribution in [2.24, 2.45) is 5.41 Å². The lowest BCUT2D eigenvalue weighted by Gasteiger charge is -2.40. The predicted molar refractivity (Wildman–Crippen MR) is 113 cm³/mol. The van der Waals surface area contributed by atoms with Crippen LogP contribution < -0.4 is 4.74 Å². The number of carbonyl (C=O) groups excluding carboxylic acids is 1. The summed E-state index contributed by atoms with van der Waals surface area (Å²) in [5.41, 5.74) is 0.919. The summed E-state index contributed by atoms with van der Waals surface area (Å²) in [6, 6.07) is 9.22. The number of esters is 1. The standard InChI is InChI=1S/C21H27NO5S2/c1-4-27-20(23)21(13-17-7-5-8-18(12-17)26-3)9-6-10-22(15-21)29(24,25)19-11-16(2)14-28-19/h5,7-8,11-12,14H,4,6,9-10,13,15H2,1-3H3/t21-/m1/s1. The van der Waals surface area contributed by atoms with Crippen molar-refractivity contribution in [2.75, 3.05) is 26.8 Å². The minimum atomic E-state index is -3.65. The van der Waals surface area contributed by atoms with Gasteiger partial charge in [0.1, 0.15) is 9.96 Å². The Kier molecular flexibility index (Phi) is 6.65. The molecule has 0 amide bonds. The molecule has 1 aliphatic heterocycles. The lowest BCUT2D eigenvalue weighted by molar-refractivity contribution is -0.157. The number of thiophene rings is 1. The largest absolute Gasteiger partial charge is 0.497 e. The van der Waals surface area contributed by atoms with Gasteiger partial charge in [-0.15, -0.1) is 11.3 Å². The Bertz CT molecular complexity index is 969. The Morgan fingerprint density at radius 1 is 1.31 bits per heavy atom. The summed E-state index contributed by atoms with van der Waals surface area (Å²) in [7, 11) is -2.05. The van der Waals surface area contributed by atoms with Gasteiger partial charge in [0.25, 0.3) is 10.0 Å². The van der Waals surface area contributed by atoms with Gasteiger partial charge in [-0.1, -0.05) is 12.1 Å². The molecule has 2 heterocycles. The van der Waals surface area contributed by atoms with Gasteiger partial charge in [0.05, 0.1) is 19.1 Å². The molecule has 0 bridgehead atoms. The second-order valence-corrected chi connectivity index (χ2v) is 10.5. The van der Waals surface area contributed by atoms with E-state index in [9.17, 15) is 13.2 Å². The first-order valence-electron chi connectivity index (χ1n) is 9.66. The van der Waals surface area contributed by atoms with Crippen molar-refractivity contribution in [3.63, 3.8) is 0 Å². The maximum absolute atomic E-state index is 13.2. The molecule has 8 heteroatoms. The molecule has 0 radical (unpaired) electrons. The van der Waals surface area contributed by atoms with Crippen LogP contribution in [0.5, 0.6) is 5.75 Å². The molecular formula is C21H27NO5S2. The molecule has 3 rings (SSSR count). The van der Waals surface area contributed by atoms with Crippen LogP contribution in [0.25, 0.3) is 0 Å². The lowest BCUT2D eigenvalue weighted by atomic mass is 9.75. The number of methoxy groups -OCH3 is 1. The van der Waals surface area contributed by atoms with E-state index in [1.807, 2.05) is 36.6 Å².